The van der Waals surface area contributed by atoms with E-state index in [1.54, 1.807) is 0 Å². The first-order valence-electron chi connectivity index (χ1n) is 12.2. The largest absolute Gasteiger partial charge is 0.508 e. The second kappa shape index (κ2) is 11.3. The number of rotatable bonds is 12. The van der Waals surface area contributed by atoms with Crippen LogP contribution in [0.2, 0.25) is 0 Å². The van der Waals surface area contributed by atoms with Crippen molar-refractivity contribution in [1.29, 1.82) is 0 Å². The Balaban J connectivity index is 1.65. The minimum Gasteiger partial charge on any atom is -0.508 e. The molecule has 0 unspecified atom stereocenters. The quantitative estimate of drug-likeness (QED) is 0.381. The number of hydrogen-bond acceptors (Lipinski definition) is 2. The van der Waals surface area contributed by atoms with Crippen molar-refractivity contribution in [3.63, 3.8) is 0 Å². The van der Waals surface area contributed by atoms with Crippen LogP contribution in [-0.2, 0) is 6.42 Å². The van der Waals surface area contributed by atoms with Crippen molar-refractivity contribution in [3.05, 3.63) is 23.3 Å². The summed E-state index contributed by atoms with van der Waals surface area (Å²) in [6.45, 7) is 13.8. The van der Waals surface area contributed by atoms with Crippen molar-refractivity contribution < 1.29 is 9.84 Å². The van der Waals surface area contributed by atoms with Crippen LogP contribution >= 0.6 is 0 Å². The summed E-state index contributed by atoms with van der Waals surface area (Å²) in [6.07, 6.45) is 14.1. The van der Waals surface area contributed by atoms with Gasteiger partial charge in [-0.25, -0.2) is 0 Å². The van der Waals surface area contributed by atoms with Crippen LogP contribution in [0.4, 0.5) is 0 Å². The van der Waals surface area contributed by atoms with Gasteiger partial charge >= 0.3 is 0 Å². The molecule has 1 aromatic carbocycles. The van der Waals surface area contributed by atoms with Crippen molar-refractivity contribution in [2.45, 2.75) is 118 Å². The van der Waals surface area contributed by atoms with E-state index in [-0.39, 0.29) is 5.60 Å². The third-order valence-corrected chi connectivity index (χ3v) is 6.88. The lowest BCUT2D eigenvalue weighted by atomic mass is 9.85. The molecular formula is C27H46O2. The third kappa shape index (κ3) is 8.22. The first-order valence-corrected chi connectivity index (χ1v) is 12.2. The van der Waals surface area contributed by atoms with Gasteiger partial charge < -0.3 is 9.84 Å². The molecule has 2 rings (SSSR count). The lowest BCUT2D eigenvalue weighted by molar-refractivity contribution is 0.0515. The predicted octanol–water partition coefficient (Wildman–Crippen LogP) is 8.22. The SMILES string of the molecule is Cc1cc(O)cc2c1O[C@@](C)(CCC[C@H](C)CCC[C@H](C)CCCC(C)C)CC2. The van der Waals surface area contributed by atoms with Crippen LogP contribution in [-0.4, -0.2) is 10.7 Å². The van der Waals surface area contributed by atoms with Crippen LogP contribution in [0.5, 0.6) is 11.5 Å². The van der Waals surface area contributed by atoms with Crippen LogP contribution in [0.15, 0.2) is 12.1 Å². The molecule has 3 atom stereocenters. The van der Waals surface area contributed by atoms with E-state index in [1.807, 2.05) is 19.1 Å². The van der Waals surface area contributed by atoms with E-state index < -0.39 is 0 Å². The molecule has 0 bridgehead atoms. The maximum atomic E-state index is 9.82. The molecule has 1 N–H and O–H groups in total. The van der Waals surface area contributed by atoms with Crippen LogP contribution < -0.4 is 4.74 Å². The summed E-state index contributed by atoms with van der Waals surface area (Å²) in [4.78, 5) is 0. The number of phenolic OH excluding ortho intramolecular Hbond substituents is 1. The summed E-state index contributed by atoms with van der Waals surface area (Å²) in [5, 5.41) is 9.82. The molecule has 0 saturated carbocycles. The molecule has 0 amide bonds. The number of ether oxygens (including phenoxy) is 1. The first kappa shape index (κ1) is 24.1. The van der Waals surface area contributed by atoms with Crippen LogP contribution in [0.3, 0.4) is 0 Å². The molecule has 0 saturated heterocycles. The Labute approximate surface area is 180 Å². The topological polar surface area (TPSA) is 29.5 Å². The molecule has 2 heteroatoms. The molecular weight excluding hydrogens is 356 g/mol. The molecule has 0 spiro atoms. The van der Waals surface area contributed by atoms with E-state index in [9.17, 15) is 5.11 Å². The Kier molecular flexibility index (Phi) is 9.37. The highest BCUT2D eigenvalue weighted by Crippen LogP contribution is 2.40. The summed E-state index contributed by atoms with van der Waals surface area (Å²) in [5.74, 6) is 3.92. The summed E-state index contributed by atoms with van der Waals surface area (Å²) >= 11 is 0. The lowest BCUT2D eigenvalue weighted by Crippen LogP contribution is -2.36. The number of aromatic hydroxyl groups is 1. The summed E-state index contributed by atoms with van der Waals surface area (Å²) in [7, 11) is 0. The van der Waals surface area contributed by atoms with Crippen molar-refractivity contribution in [1.82, 2.24) is 0 Å². The van der Waals surface area contributed by atoms with E-state index in [2.05, 4.69) is 34.6 Å². The Morgan fingerprint density at radius 1 is 0.931 bits per heavy atom. The zero-order chi connectivity index (χ0) is 21.4. The Morgan fingerprint density at radius 3 is 2.14 bits per heavy atom. The Hall–Kier alpha value is -1.18. The maximum absolute atomic E-state index is 9.82. The average Bonchev–Trinajstić information content (AvgIpc) is 2.62. The van der Waals surface area contributed by atoms with E-state index >= 15 is 0 Å². The molecule has 0 aromatic heterocycles. The number of benzene rings is 1. The molecule has 2 nitrogen and oxygen atoms in total. The molecule has 166 valence electrons. The Morgan fingerprint density at radius 2 is 1.52 bits per heavy atom. The van der Waals surface area contributed by atoms with Crippen molar-refractivity contribution in [2.24, 2.45) is 17.8 Å². The minimum absolute atomic E-state index is 0.0562. The van der Waals surface area contributed by atoms with Gasteiger partial charge in [-0.1, -0.05) is 72.6 Å². The highest BCUT2D eigenvalue weighted by Gasteiger charge is 2.32. The molecule has 0 aliphatic carbocycles. The van der Waals surface area contributed by atoms with Gasteiger partial charge in [0.2, 0.25) is 0 Å². The van der Waals surface area contributed by atoms with Gasteiger partial charge in [0.25, 0.3) is 0 Å². The highest BCUT2D eigenvalue weighted by atomic mass is 16.5. The number of aryl methyl sites for hydroxylation is 2. The van der Waals surface area contributed by atoms with Crippen LogP contribution in [0.1, 0.15) is 110 Å². The van der Waals surface area contributed by atoms with Crippen molar-refractivity contribution in [2.75, 3.05) is 0 Å². The van der Waals surface area contributed by atoms with Gasteiger partial charge in [-0.3, -0.25) is 0 Å². The fourth-order valence-electron chi connectivity index (χ4n) is 4.83. The Bertz CT molecular complexity index is 621. The monoisotopic (exact) mass is 402 g/mol. The summed E-state index contributed by atoms with van der Waals surface area (Å²) in [5.41, 5.74) is 2.16. The normalized spacial score (nSPS) is 20.9. The number of fused-ring (bicyclic) bond motifs is 1. The third-order valence-electron chi connectivity index (χ3n) is 6.88. The van der Waals surface area contributed by atoms with Gasteiger partial charge in [-0.05, 0) is 80.5 Å². The van der Waals surface area contributed by atoms with Gasteiger partial charge in [-0.15, -0.1) is 0 Å². The van der Waals surface area contributed by atoms with Crippen molar-refractivity contribution in [3.8, 4) is 11.5 Å². The minimum atomic E-state index is -0.0562. The zero-order valence-corrected chi connectivity index (χ0v) is 20.0. The standard InChI is InChI=1S/C27H46O2/c1-20(2)10-7-11-21(3)12-8-13-22(4)14-9-16-27(6)17-15-24-19-25(28)18-23(5)26(24)29-27/h18-22,28H,7-17H2,1-6H3/t21-,22-,27+/m1/s1. The van der Waals surface area contributed by atoms with Crippen molar-refractivity contribution >= 4 is 0 Å². The van der Waals surface area contributed by atoms with Gasteiger partial charge in [-0.2, -0.15) is 0 Å². The van der Waals surface area contributed by atoms with Crippen LogP contribution in [0.25, 0.3) is 0 Å². The average molecular weight is 403 g/mol. The maximum Gasteiger partial charge on any atom is 0.126 e. The van der Waals surface area contributed by atoms with E-state index in [4.69, 9.17) is 4.74 Å². The molecule has 29 heavy (non-hydrogen) atoms. The highest BCUT2D eigenvalue weighted by molar-refractivity contribution is 5.47. The fraction of sp³-hybridized carbons (Fsp3) is 0.778. The predicted molar refractivity (Wildman–Crippen MR) is 125 cm³/mol. The lowest BCUT2D eigenvalue weighted by Gasteiger charge is -2.37. The second-order valence-electron chi connectivity index (χ2n) is 10.7. The van der Waals surface area contributed by atoms with E-state index in [0.29, 0.717) is 5.75 Å². The first-order chi connectivity index (χ1) is 13.7. The molecule has 0 fully saturated rings. The molecule has 1 heterocycles. The van der Waals surface area contributed by atoms with E-state index in [1.165, 1.54) is 51.4 Å². The van der Waals surface area contributed by atoms with E-state index in [0.717, 1.165) is 53.9 Å². The smallest absolute Gasteiger partial charge is 0.126 e. The van der Waals surface area contributed by atoms with Gasteiger partial charge in [0.1, 0.15) is 17.1 Å². The number of phenols is 1. The second-order valence-corrected chi connectivity index (χ2v) is 10.7. The molecule has 1 aromatic rings. The zero-order valence-electron chi connectivity index (χ0n) is 20.0. The molecule has 0 radical (unpaired) electrons. The van der Waals surface area contributed by atoms with Gasteiger partial charge in [0.15, 0.2) is 0 Å². The molecule has 1 aliphatic heterocycles. The summed E-state index contributed by atoms with van der Waals surface area (Å²) < 4.78 is 6.44. The van der Waals surface area contributed by atoms with Gasteiger partial charge in [0, 0.05) is 0 Å². The summed E-state index contributed by atoms with van der Waals surface area (Å²) in [6, 6.07) is 3.68. The number of hydrogen-bond donors (Lipinski definition) is 1. The fourth-order valence-corrected chi connectivity index (χ4v) is 4.83. The molecule has 1 aliphatic rings. The van der Waals surface area contributed by atoms with Gasteiger partial charge in [0.05, 0.1) is 0 Å². The van der Waals surface area contributed by atoms with Crippen LogP contribution in [0, 0.1) is 24.7 Å².